The van der Waals surface area contributed by atoms with Crippen molar-refractivity contribution in [2.75, 3.05) is 23.7 Å². The first kappa shape index (κ1) is 22.4. The molecule has 5 nitrogen and oxygen atoms in total. The van der Waals surface area contributed by atoms with Gasteiger partial charge in [-0.2, -0.15) is 0 Å². The molecule has 0 aliphatic carbocycles. The quantitative estimate of drug-likeness (QED) is 0.436. The van der Waals surface area contributed by atoms with Gasteiger partial charge in [-0.1, -0.05) is 67.1 Å². The van der Waals surface area contributed by atoms with E-state index in [0.717, 1.165) is 24.1 Å². The second-order valence-corrected chi connectivity index (χ2v) is 7.60. The molecule has 3 rings (SSSR count). The monoisotopic (exact) mass is 435 g/mol. The van der Waals surface area contributed by atoms with Crippen LogP contribution in [0, 0.1) is 0 Å². The van der Waals surface area contributed by atoms with E-state index >= 15 is 0 Å². The van der Waals surface area contributed by atoms with E-state index in [-0.39, 0.29) is 18.4 Å². The second-order valence-electron chi connectivity index (χ2n) is 7.17. The van der Waals surface area contributed by atoms with Gasteiger partial charge in [0.05, 0.1) is 12.1 Å². The lowest BCUT2D eigenvalue weighted by molar-refractivity contribution is -0.114. The lowest BCUT2D eigenvalue weighted by Gasteiger charge is -2.14. The molecule has 0 aliphatic rings. The summed E-state index contributed by atoms with van der Waals surface area (Å²) in [7, 11) is 0. The molecule has 160 valence electrons. The molecule has 0 aromatic heterocycles. The SMILES string of the molecule is CCCNC(=O)c1ccc(Cl)cc1NCC(=O)Nc1ccccc1Cc1ccccc1. The smallest absolute Gasteiger partial charge is 0.253 e. The Balaban J connectivity index is 1.66. The van der Waals surface area contributed by atoms with Crippen molar-refractivity contribution >= 4 is 34.8 Å². The van der Waals surface area contributed by atoms with E-state index in [1.54, 1.807) is 18.2 Å². The Hall–Kier alpha value is -3.31. The third-order valence-corrected chi connectivity index (χ3v) is 4.97. The summed E-state index contributed by atoms with van der Waals surface area (Å²) < 4.78 is 0. The van der Waals surface area contributed by atoms with Gasteiger partial charge in [-0.25, -0.2) is 0 Å². The maximum absolute atomic E-state index is 12.6. The van der Waals surface area contributed by atoms with Gasteiger partial charge in [-0.05, 0) is 48.2 Å². The topological polar surface area (TPSA) is 70.2 Å². The molecule has 31 heavy (non-hydrogen) atoms. The van der Waals surface area contributed by atoms with Gasteiger partial charge in [0.2, 0.25) is 5.91 Å². The van der Waals surface area contributed by atoms with Crippen LogP contribution in [-0.4, -0.2) is 24.9 Å². The molecule has 0 bridgehead atoms. The van der Waals surface area contributed by atoms with E-state index < -0.39 is 0 Å². The lowest BCUT2D eigenvalue weighted by atomic mass is 10.0. The first-order valence-electron chi connectivity index (χ1n) is 10.3. The van der Waals surface area contributed by atoms with Crippen LogP contribution in [0.3, 0.4) is 0 Å². The largest absolute Gasteiger partial charge is 0.375 e. The molecule has 2 amide bonds. The van der Waals surface area contributed by atoms with Crippen molar-refractivity contribution in [2.24, 2.45) is 0 Å². The fraction of sp³-hybridized carbons (Fsp3) is 0.200. The molecule has 0 atom stereocenters. The number of para-hydroxylation sites is 1. The Morgan fingerprint density at radius 2 is 1.65 bits per heavy atom. The van der Waals surface area contributed by atoms with Crippen molar-refractivity contribution < 1.29 is 9.59 Å². The summed E-state index contributed by atoms with van der Waals surface area (Å²) in [6, 6.07) is 22.8. The van der Waals surface area contributed by atoms with Crippen molar-refractivity contribution in [1.82, 2.24) is 5.32 Å². The molecule has 3 N–H and O–H groups in total. The Labute approximate surface area is 187 Å². The molecular weight excluding hydrogens is 410 g/mol. The van der Waals surface area contributed by atoms with E-state index in [1.165, 1.54) is 5.56 Å². The number of benzene rings is 3. The van der Waals surface area contributed by atoms with Gasteiger partial charge in [0.15, 0.2) is 0 Å². The number of rotatable bonds is 9. The van der Waals surface area contributed by atoms with Crippen molar-refractivity contribution in [1.29, 1.82) is 0 Å². The van der Waals surface area contributed by atoms with Crippen molar-refractivity contribution in [2.45, 2.75) is 19.8 Å². The predicted molar refractivity (Wildman–Crippen MR) is 127 cm³/mol. The number of carbonyl (C=O) groups is 2. The summed E-state index contributed by atoms with van der Waals surface area (Å²) in [5.74, 6) is -0.407. The molecule has 0 heterocycles. The molecule has 3 aromatic carbocycles. The summed E-state index contributed by atoms with van der Waals surface area (Å²) in [5.41, 5.74) is 3.95. The predicted octanol–water partition coefficient (Wildman–Crippen LogP) is 5.12. The third-order valence-electron chi connectivity index (χ3n) is 4.73. The van der Waals surface area contributed by atoms with Crippen LogP contribution in [0.4, 0.5) is 11.4 Å². The zero-order valence-electron chi connectivity index (χ0n) is 17.5. The van der Waals surface area contributed by atoms with Gasteiger partial charge in [-0.15, -0.1) is 0 Å². The van der Waals surface area contributed by atoms with Crippen LogP contribution < -0.4 is 16.0 Å². The summed E-state index contributed by atoms with van der Waals surface area (Å²) in [4.78, 5) is 25.0. The fourth-order valence-corrected chi connectivity index (χ4v) is 3.35. The zero-order valence-corrected chi connectivity index (χ0v) is 18.2. The minimum atomic E-state index is -0.208. The Morgan fingerprint density at radius 1 is 0.903 bits per heavy atom. The highest BCUT2D eigenvalue weighted by Gasteiger charge is 2.13. The van der Waals surface area contributed by atoms with Crippen LogP contribution in [0.25, 0.3) is 0 Å². The van der Waals surface area contributed by atoms with Crippen LogP contribution in [0.1, 0.15) is 34.8 Å². The van der Waals surface area contributed by atoms with Gasteiger partial charge in [0, 0.05) is 22.9 Å². The fourth-order valence-electron chi connectivity index (χ4n) is 3.18. The maximum Gasteiger partial charge on any atom is 0.253 e. The minimum absolute atomic E-state index is 0.00801. The molecule has 0 spiro atoms. The van der Waals surface area contributed by atoms with E-state index in [2.05, 4.69) is 28.1 Å². The Kier molecular flexibility index (Phi) is 8.07. The van der Waals surface area contributed by atoms with Gasteiger partial charge < -0.3 is 16.0 Å². The average molecular weight is 436 g/mol. The summed E-state index contributed by atoms with van der Waals surface area (Å²) >= 11 is 6.10. The van der Waals surface area contributed by atoms with Crippen LogP contribution in [0.2, 0.25) is 5.02 Å². The number of nitrogens with one attached hydrogen (secondary N) is 3. The third kappa shape index (κ3) is 6.59. The van der Waals surface area contributed by atoms with Gasteiger partial charge in [-0.3, -0.25) is 9.59 Å². The Morgan fingerprint density at radius 3 is 2.42 bits per heavy atom. The number of hydrogen-bond donors (Lipinski definition) is 3. The standard InChI is InChI=1S/C25H26ClN3O2/c1-2-14-27-25(31)21-13-12-20(26)16-23(21)28-17-24(30)29-22-11-7-6-10-19(22)15-18-8-4-3-5-9-18/h3-13,16,28H,2,14-15,17H2,1H3,(H,27,31)(H,29,30). The van der Waals surface area contributed by atoms with Crippen LogP contribution in [-0.2, 0) is 11.2 Å². The van der Waals surface area contributed by atoms with Crippen LogP contribution in [0.15, 0.2) is 72.8 Å². The normalized spacial score (nSPS) is 10.4. The highest BCUT2D eigenvalue weighted by molar-refractivity contribution is 6.31. The highest BCUT2D eigenvalue weighted by atomic mass is 35.5. The van der Waals surface area contributed by atoms with Gasteiger partial charge in [0.25, 0.3) is 5.91 Å². The maximum atomic E-state index is 12.6. The molecule has 0 saturated heterocycles. The van der Waals surface area contributed by atoms with Crippen molar-refractivity contribution in [3.05, 3.63) is 94.5 Å². The second kappa shape index (κ2) is 11.2. The average Bonchev–Trinajstić information content (AvgIpc) is 2.78. The van der Waals surface area contributed by atoms with Gasteiger partial charge >= 0.3 is 0 Å². The van der Waals surface area contributed by atoms with E-state index in [4.69, 9.17) is 11.6 Å². The summed E-state index contributed by atoms with van der Waals surface area (Å²) in [5, 5.41) is 9.34. The highest BCUT2D eigenvalue weighted by Crippen LogP contribution is 2.22. The van der Waals surface area contributed by atoms with Crippen molar-refractivity contribution in [3.63, 3.8) is 0 Å². The van der Waals surface area contributed by atoms with Gasteiger partial charge in [0.1, 0.15) is 0 Å². The number of anilines is 2. The number of hydrogen-bond acceptors (Lipinski definition) is 3. The molecule has 0 saturated carbocycles. The summed E-state index contributed by atoms with van der Waals surface area (Å²) in [6.45, 7) is 2.58. The van der Waals surface area contributed by atoms with E-state index in [0.29, 0.717) is 22.8 Å². The van der Waals surface area contributed by atoms with Crippen molar-refractivity contribution in [3.8, 4) is 0 Å². The van der Waals surface area contributed by atoms with E-state index in [9.17, 15) is 9.59 Å². The molecule has 0 radical (unpaired) electrons. The lowest BCUT2D eigenvalue weighted by Crippen LogP contribution is -2.27. The minimum Gasteiger partial charge on any atom is -0.375 e. The zero-order chi connectivity index (χ0) is 22.1. The molecule has 0 unspecified atom stereocenters. The number of carbonyl (C=O) groups excluding carboxylic acids is 2. The molecule has 6 heteroatoms. The first-order valence-corrected chi connectivity index (χ1v) is 10.7. The number of halogens is 1. The first-order chi connectivity index (χ1) is 15.1. The van der Waals surface area contributed by atoms with E-state index in [1.807, 2.05) is 49.4 Å². The molecule has 0 fully saturated rings. The molecule has 0 aliphatic heterocycles. The number of amides is 2. The van der Waals surface area contributed by atoms with Crippen LogP contribution in [0.5, 0.6) is 0 Å². The van der Waals surface area contributed by atoms with Crippen LogP contribution >= 0.6 is 11.6 Å². The molecular formula is C25H26ClN3O2. The summed E-state index contributed by atoms with van der Waals surface area (Å²) in [6.07, 6.45) is 1.56. The molecule has 3 aromatic rings. The Bertz CT molecular complexity index is 1040.